The molecule has 0 aliphatic rings. The molecule has 0 bridgehead atoms. The molecule has 0 saturated heterocycles. The van der Waals surface area contributed by atoms with Gasteiger partial charge >= 0.3 is 5.97 Å². The maximum atomic E-state index is 13.9. The van der Waals surface area contributed by atoms with Gasteiger partial charge in [0, 0.05) is 22.7 Å². The van der Waals surface area contributed by atoms with Crippen LogP contribution in [0.1, 0.15) is 47.1 Å². The molecule has 156 valence electrons. The summed E-state index contributed by atoms with van der Waals surface area (Å²) < 4.78 is 32.2. The number of amides is 1. The number of halogens is 2. The highest BCUT2D eigenvalue weighted by molar-refractivity contribution is 6.05. The first-order valence-electron chi connectivity index (χ1n) is 9.61. The van der Waals surface area contributed by atoms with Crippen LogP contribution in [0, 0.1) is 18.6 Å². The van der Waals surface area contributed by atoms with Crippen LogP contribution in [0.25, 0.3) is 10.9 Å². The number of aromatic nitrogens is 1. The summed E-state index contributed by atoms with van der Waals surface area (Å²) in [6, 6.07) is 9.65. The molecule has 30 heavy (non-hydrogen) atoms. The molecule has 0 unspecified atom stereocenters. The summed E-state index contributed by atoms with van der Waals surface area (Å²) in [5.41, 5.74) is 2.69. The second kappa shape index (κ2) is 8.98. The lowest BCUT2D eigenvalue weighted by Crippen LogP contribution is -2.31. The van der Waals surface area contributed by atoms with E-state index >= 15 is 0 Å². The normalized spacial score (nSPS) is 11.9. The third-order valence-electron chi connectivity index (χ3n) is 4.92. The van der Waals surface area contributed by atoms with Crippen molar-refractivity contribution < 1.29 is 23.1 Å². The van der Waals surface area contributed by atoms with Crippen molar-refractivity contribution in [3.63, 3.8) is 0 Å². The lowest BCUT2D eigenvalue weighted by molar-refractivity contribution is -0.124. The van der Waals surface area contributed by atoms with Crippen molar-refractivity contribution in [1.82, 2.24) is 10.3 Å². The van der Waals surface area contributed by atoms with Crippen molar-refractivity contribution in [2.24, 2.45) is 0 Å². The summed E-state index contributed by atoms with van der Waals surface area (Å²) in [5.74, 6) is -2.68. The Labute approximate surface area is 173 Å². The molecule has 2 aromatic carbocycles. The second-order valence-corrected chi connectivity index (χ2v) is 6.96. The zero-order valence-electron chi connectivity index (χ0n) is 17.0. The number of pyridine rings is 1. The van der Waals surface area contributed by atoms with Gasteiger partial charge in [0.2, 0.25) is 0 Å². The maximum Gasteiger partial charge on any atom is 0.339 e. The van der Waals surface area contributed by atoms with Gasteiger partial charge in [-0.3, -0.25) is 9.78 Å². The Hall–Kier alpha value is -3.35. The largest absolute Gasteiger partial charge is 0.452 e. The van der Waals surface area contributed by atoms with E-state index in [9.17, 15) is 18.4 Å². The van der Waals surface area contributed by atoms with E-state index in [-0.39, 0.29) is 5.56 Å². The van der Waals surface area contributed by atoms with Crippen LogP contribution >= 0.6 is 0 Å². The van der Waals surface area contributed by atoms with E-state index < -0.39 is 36.2 Å². The SMILES string of the molecule is CCc1nc2ccccc2c(C(=O)OCC(=O)N[C@H](C)c2ccc(F)cc2F)c1C. The molecule has 3 rings (SSSR count). The van der Waals surface area contributed by atoms with Crippen LogP contribution in [-0.2, 0) is 16.0 Å². The Bertz CT molecular complexity index is 1120. The van der Waals surface area contributed by atoms with E-state index in [0.717, 1.165) is 17.8 Å². The number of esters is 1. The van der Waals surface area contributed by atoms with Gasteiger partial charge in [0.1, 0.15) is 11.6 Å². The van der Waals surface area contributed by atoms with E-state index in [0.29, 0.717) is 28.5 Å². The standard InChI is InChI=1S/C23H22F2N2O3/c1-4-19-13(2)22(17-7-5-6-8-20(17)27-19)23(29)30-12-21(28)26-14(3)16-10-9-15(24)11-18(16)25/h5-11,14H,4,12H2,1-3H3,(H,26,28)/t14-/m1/s1. The van der Waals surface area contributed by atoms with Crippen LogP contribution in [0.5, 0.6) is 0 Å². The number of carbonyl (C=O) groups excluding carboxylic acids is 2. The van der Waals surface area contributed by atoms with E-state index in [1.165, 1.54) is 6.07 Å². The zero-order chi connectivity index (χ0) is 21.8. The van der Waals surface area contributed by atoms with E-state index in [2.05, 4.69) is 10.3 Å². The quantitative estimate of drug-likeness (QED) is 0.609. The summed E-state index contributed by atoms with van der Waals surface area (Å²) >= 11 is 0. The van der Waals surface area contributed by atoms with E-state index in [1.807, 2.05) is 19.1 Å². The molecule has 7 heteroatoms. The monoisotopic (exact) mass is 412 g/mol. The maximum absolute atomic E-state index is 13.9. The van der Waals surface area contributed by atoms with Crippen LogP contribution in [0.3, 0.4) is 0 Å². The number of benzene rings is 2. The Kier molecular flexibility index (Phi) is 6.40. The van der Waals surface area contributed by atoms with Crippen molar-refractivity contribution in [3.05, 3.63) is 76.5 Å². The molecule has 0 spiro atoms. The van der Waals surface area contributed by atoms with Crippen LogP contribution in [0.4, 0.5) is 8.78 Å². The molecule has 1 aromatic heterocycles. The van der Waals surface area contributed by atoms with Gasteiger partial charge in [-0.05, 0) is 38.0 Å². The van der Waals surface area contributed by atoms with Crippen molar-refractivity contribution in [2.45, 2.75) is 33.2 Å². The lowest BCUT2D eigenvalue weighted by Gasteiger charge is -2.16. The zero-order valence-corrected chi connectivity index (χ0v) is 17.0. The van der Waals surface area contributed by atoms with Crippen LogP contribution < -0.4 is 5.32 Å². The van der Waals surface area contributed by atoms with Crippen molar-refractivity contribution in [3.8, 4) is 0 Å². The molecule has 1 atom stereocenters. The van der Waals surface area contributed by atoms with Gasteiger partial charge in [-0.15, -0.1) is 0 Å². The fourth-order valence-electron chi connectivity index (χ4n) is 3.38. The lowest BCUT2D eigenvalue weighted by atomic mass is 10.0. The Balaban J connectivity index is 1.72. The number of aryl methyl sites for hydroxylation is 1. The number of rotatable bonds is 6. The number of para-hydroxylation sites is 1. The van der Waals surface area contributed by atoms with Gasteiger partial charge in [-0.2, -0.15) is 0 Å². The molecule has 0 radical (unpaired) electrons. The average Bonchev–Trinajstić information content (AvgIpc) is 2.71. The van der Waals surface area contributed by atoms with Crippen LogP contribution in [0.15, 0.2) is 42.5 Å². The van der Waals surface area contributed by atoms with Crippen LogP contribution in [0.2, 0.25) is 0 Å². The third-order valence-corrected chi connectivity index (χ3v) is 4.92. The number of ether oxygens (including phenoxy) is 1. The molecule has 1 heterocycles. The Morgan fingerprint density at radius 1 is 1.17 bits per heavy atom. The van der Waals surface area contributed by atoms with Gasteiger partial charge in [0.15, 0.2) is 6.61 Å². The molecule has 0 aliphatic carbocycles. The fourth-order valence-corrected chi connectivity index (χ4v) is 3.38. The first kappa shape index (κ1) is 21.4. The molecule has 1 amide bonds. The van der Waals surface area contributed by atoms with Gasteiger partial charge < -0.3 is 10.1 Å². The Morgan fingerprint density at radius 2 is 1.90 bits per heavy atom. The fraction of sp³-hybridized carbons (Fsp3) is 0.261. The number of hydrogen-bond acceptors (Lipinski definition) is 4. The second-order valence-electron chi connectivity index (χ2n) is 6.96. The van der Waals surface area contributed by atoms with Gasteiger partial charge in [-0.1, -0.05) is 31.2 Å². The summed E-state index contributed by atoms with van der Waals surface area (Å²) in [7, 11) is 0. The number of fused-ring (bicyclic) bond motifs is 1. The van der Waals surface area contributed by atoms with E-state index in [1.54, 1.807) is 26.0 Å². The molecule has 0 saturated carbocycles. The minimum absolute atomic E-state index is 0.139. The Morgan fingerprint density at radius 3 is 2.60 bits per heavy atom. The number of hydrogen-bond donors (Lipinski definition) is 1. The average molecular weight is 412 g/mol. The minimum Gasteiger partial charge on any atom is -0.452 e. The van der Waals surface area contributed by atoms with Crippen molar-refractivity contribution in [2.75, 3.05) is 6.61 Å². The highest BCUT2D eigenvalue weighted by Gasteiger charge is 2.20. The summed E-state index contributed by atoms with van der Waals surface area (Å²) in [5, 5.41) is 3.20. The molecule has 1 N–H and O–H groups in total. The molecular weight excluding hydrogens is 390 g/mol. The highest BCUT2D eigenvalue weighted by Crippen LogP contribution is 2.24. The smallest absolute Gasteiger partial charge is 0.339 e. The van der Waals surface area contributed by atoms with Crippen molar-refractivity contribution >= 4 is 22.8 Å². The van der Waals surface area contributed by atoms with Gasteiger partial charge in [-0.25, -0.2) is 13.6 Å². The van der Waals surface area contributed by atoms with Crippen molar-refractivity contribution in [1.29, 1.82) is 0 Å². The van der Waals surface area contributed by atoms with E-state index in [4.69, 9.17) is 4.74 Å². The predicted molar refractivity (Wildman–Crippen MR) is 109 cm³/mol. The molecule has 0 fully saturated rings. The third kappa shape index (κ3) is 4.45. The summed E-state index contributed by atoms with van der Waals surface area (Å²) in [6.45, 7) is 4.78. The number of nitrogens with one attached hydrogen (secondary N) is 1. The molecular formula is C23H22F2N2O3. The van der Waals surface area contributed by atoms with Gasteiger partial charge in [0.05, 0.1) is 17.1 Å². The summed E-state index contributed by atoms with van der Waals surface area (Å²) in [6.07, 6.45) is 0.651. The predicted octanol–water partition coefficient (Wildman–Crippen LogP) is 4.42. The van der Waals surface area contributed by atoms with Gasteiger partial charge in [0.25, 0.3) is 5.91 Å². The molecule has 5 nitrogen and oxygen atoms in total. The molecule has 0 aliphatic heterocycles. The highest BCUT2D eigenvalue weighted by atomic mass is 19.1. The topological polar surface area (TPSA) is 68.3 Å². The molecule has 3 aromatic rings. The minimum atomic E-state index is -0.759. The first-order valence-corrected chi connectivity index (χ1v) is 9.61. The number of nitrogens with zero attached hydrogens (tertiary/aromatic N) is 1. The first-order chi connectivity index (χ1) is 14.3. The van der Waals surface area contributed by atoms with Crippen LogP contribution in [-0.4, -0.2) is 23.5 Å². The number of carbonyl (C=O) groups is 2. The summed E-state index contributed by atoms with van der Waals surface area (Å²) in [4.78, 5) is 29.6.